The summed E-state index contributed by atoms with van der Waals surface area (Å²) >= 11 is 11.9. The number of hydrogen-bond donors (Lipinski definition) is 1. The van der Waals surface area contributed by atoms with Crippen molar-refractivity contribution < 1.29 is 28.5 Å². The number of nitrogens with one attached hydrogen (secondary N) is 1. The molecule has 2 rings (SSSR count). The molecule has 0 heterocycles. The molecule has 154 valence electrons. The molecule has 9 heteroatoms. The molecule has 2 aromatic rings. The number of ether oxygens (including phenoxy) is 4. The van der Waals surface area contributed by atoms with Crippen LogP contribution in [0.1, 0.15) is 5.56 Å². The summed E-state index contributed by atoms with van der Waals surface area (Å²) in [5, 5.41) is 3.02. The van der Waals surface area contributed by atoms with Gasteiger partial charge < -0.3 is 24.3 Å². The van der Waals surface area contributed by atoms with Gasteiger partial charge in [-0.3, -0.25) is 4.79 Å². The molecule has 0 fully saturated rings. The third kappa shape index (κ3) is 6.04. The molecular formula is C20H19Cl2NO6. The number of esters is 1. The normalized spacial score (nSPS) is 10.5. The van der Waals surface area contributed by atoms with Crippen LogP contribution in [-0.4, -0.2) is 39.8 Å². The summed E-state index contributed by atoms with van der Waals surface area (Å²) < 4.78 is 20.6. The lowest BCUT2D eigenvalue weighted by Crippen LogP contribution is -2.20. The fourth-order valence-electron chi connectivity index (χ4n) is 2.31. The van der Waals surface area contributed by atoms with Gasteiger partial charge in [0.15, 0.2) is 18.1 Å². The van der Waals surface area contributed by atoms with Crippen molar-refractivity contribution in [1.29, 1.82) is 0 Å². The highest BCUT2D eigenvalue weighted by atomic mass is 35.5. The van der Waals surface area contributed by atoms with Gasteiger partial charge in [0.1, 0.15) is 5.75 Å². The van der Waals surface area contributed by atoms with Gasteiger partial charge in [0.2, 0.25) is 0 Å². The Kier molecular flexibility index (Phi) is 8.18. The van der Waals surface area contributed by atoms with Crippen LogP contribution in [0, 0.1) is 0 Å². The van der Waals surface area contributed by atoms with Crippen LogP contribution in [-0.2, 0) is 14.3 Å². The van der Waals surface area contributed by atoms with Crippen LogP contribution >= 0.6 is 23.2 Å². The van der Waals surface area contributed by atoms with E-state index in [9.17, 15) is 9.59 Å². The van der Waals surface area contributed by atoms with E-state index >= 15 is 0 Å². The van der Waals surface area contributed by atoms with Crippen LogP contribution in [0.15, 0.2) is 36.4 Å². The Balaban J connectivity index is 1.99. The van der Waals surface area contributed by atoms with Crippen LogP contribution in [0.2, 0.25) is 10.0 Å². The number of hydrogen-bond acceptors (Lipinski definition) is 6. The van der Waals surface area contributed by atoms with Crippen molar-refractivity contribution >= 4 is 46.8 Å². The van der Waals surface area contributed by atoms with Crippen molar-refractivity contribution in [1.82, 2.24) is 0 Å². The van der Waals surface area contributed by atoms with Gasteiger partial charge >= 0.3 is 5.97 Å². The summed E-state index contributed by atoms with van der Waals surface area (Å²) in [7, 11) is 4.49. The van der Waals surface area contributed by atoms with Gasteiger partial charge in [-0.15, -0.1) is 0 Å². The molecule has 1 N–H and O–H groups in total. The maximum Gasteiger partial charge on any atom is 0.331 e. The predicted octanol–water partition coefficient (Wildman–Crippen LogP) is 4.21. The van der Waals surface area contributed by atoms with Crippen molar-refractivity contribution in [2.24, 2.45) is 0 Å². The lowest BCUT2D eigenvalue weighted by atomic mass is 10.1. The van der Waals surface area contributed by atoms with Crippen molar-refractivity contribution in [3.05, 3.63) is 52.0 Å². The standard InChI is InChI=1S/C20H19Cl2NO6/c1-26-15-10-17(28-3)16(27-2)9-12(15)7-8-19(25)29-11-18(24)23-14-6-4-5-13(21)20(14)22/h4-10H,11H2,1-3H3,(H,23,24)/b8-7+. The largest absolute Gasteiger partial charge is 0.496 e. The second-order valence-electron chi connectivity index (χ2n) is 5.54. The Morgan fingerprint density at radius 3 is 2.31 bits per heavy atom. The highest BCUT2D eigenvalue weighted by molar-refractivity contribution is 6.44. The minimum Gasteiger partial charge on any atom is -0.496 e. The summed E-state index contributed by atoms with van der Waals surface area (Å²) in [6.45, 7) is -0.491. The minimum atomic E-state index is -0.714. The molecule has 0 aliphatic rings. The van der Waals surface area contributed by atoms with Gasteiger partial charge in [-0.05, 0) is 24.3 Å². The van der Waals surface area contributed by atoms with E-state index in [2.05, 4.69) is 5.32 Å². The molecule has 0 unspecified atom stereocenters. The van der Waals surface area contributed by atoms with Gasteiger partial charge in [-0.2, -0.15) is 0 Å². The summed E-state index contributed by atoms with van der Waals surface area (Å²) in [4.78, 5) is 23.9. The fourth-order valence-corrected chi connectivity index (χ4v) is 2.66. The number of methoxy groups -OCH3 is 3. The van der Waals surface area contributed by atoms with Crippen LogP contribution in [0.25, 0.3) is 6.08 Å². The molecular weight excluding hydrogens is 421 g/mol. The number of halogens is 2. The number of carbonyl (C=O) groups excluding carboxylic acids is 2. The number of carbonyl (C=O) groups is 2. The van der Waals surface area contributed by atoms with Crippen LogP contribution < -0.4 is 19.5 Å². The van der Waals surface area contributed by atoms with Gasteiger partial charge in [0, 0.05) is 17.7 Å². The maximum atomic E-state index is 11.9. The van der Waals surface area contributed by atoms with E-state index in [0.717, 1.165) is 0 Å². The Morgan fingerprint density at radius 2 is 1.66 bits per heavy atom. The molecule has 0 radical (unpaired) electrons. The highest BCUT2D eigenvalue weighted by Crippen LogP contribution is 2.35. The summed E-state index contributed by atoms with van der Waals surface area (Å²) in [6, 6.07) is 8.08. The van der Waals surface area contributed by atoms with Crippen LogP contribution in [0.4, 0.5) is 5.69 Å². The van der Waals surface area contributed by atoms with Gasteiger partial charge in [0.25, 0.3) is 5.91 Å². The first-order valence-electron chi connectivity index (χ1n) is 8.28. The second-order valence-corrected chi connectivity index (χ2v) is 6.32. The Morgan fingerprint density at radius 1 is 1.00 bits per heavy atom. The molecule has 2 aromatic carbocycles. The Bertz CT molecular complexity index is 929. The molecule has 0 saturated carbocycles. The van der Waals surface area contributed by atoms with Gasteiger partial charge in [0.05, 0.1) is 37.1 Å². The second kappa shape index (κ2) is 10.6. The first-order chi connectivity index (χ1) is 13.9. The Labute approximate surface area is 178 Å². The Hall–Kier alpha value is -2.90. The summed E-state index contributed by atoms with van der Waals surface area (Å²) in [5.74, 6) is 0.161. The predicted molar refractivity (Wildman–Crippen MR) is 111 cm³/mol. The quantitative estimate of drug-likeness (QED) is 0.489. The summed E-state index contributed by atoms with van der Waals surface area (Å²) in [6.07, 6.45) is 2.65. The zero-order chi connectivity index (χ0) is 21.4. The molecule has 0 aliphatic carbocycles. The topological polar surface area (TPSA) is 83.1 Å². The zero-order valence-electron chi connectivity index (χ0n) is 16.0. The van der Waals surface area contributed by atoms with Crippen molar-refractivity contribution in [3.63, 3.8) is 0 Å². The first kappa shape index (κ1) is 22.4. The smallest absolute Gasteiger partial charge is 0.331 e. The molecule has 0 atom stereocenters. The van der Waals surface area contributed by atoms with Crippen molar-refractivity contribution in [2.75, 3.05) is 33.3 Å². The summed E-state index contributed by atoms with van der Waals surface area (Å²) in [5.41, 5.74) is 0.892. The van der Waals surface area contributed by atoms with E-state index in [1.54, 1.807) is 30.3 Å². The SMILES string of the molecule is COc1cc(OC)c(OC)cc1/C=C/C(=O)OCC(=O)Nc1cccc(Cl)c1Cl. The monoisotopic (exact) mass is 439 g/mol. The van der Waals surface area contributed by atoms with Crippen LogP contribution in [0.5, 0.6) is 17.2 Å². The minimum absolute atomic E-state index is 0.203. The molecule has 0 bridgehead atoms. The van der Waals surface area contributed by atoms with E-state index in [-0.39, 0.29) is 5.02 Å². The van der Waals surface area contributed by atoms with Crippen molar-refractivity contribution in [2.45, 2.75) is 0 Å². The molecule has 29 heavy (non-hydrogen) atoms. The van der Waals surface area contributed by atoms with E-state index < -0.39 is 18.5 Å². The lowest BCUT2D eigenvalue weighted by Gasteiger charge is -2.12. The highest BCUT2D eigenvalue weighted by Gasteiger charge is 2.12. The number of amides is 1. The number of benzene rings is 2. The van der Waals surface area contributed by atoms with Gasteiger partial charge in [-0.1, -0.05) is 29.3 Å². The fraction of sp³-hybridized carbons (Fsp3) is 0.200. The zero-order valence-corrected chi connectivity index (χ0v) is 17.5. The molecule has 0 spiro atoms. The third-order valence-corrected chi connectivity index (χ3v) is 4.52. The number of rotatable bonds is 8. The maximum absolute atomic E-state index is 11.9. The van der Waals surface area contributed by atoms with E-state index in [1.165, 1.54) is 33.5 Å². The molecule has 0 aromatic heterocycles. The van der Waals surface area contributed by atoms with Gasteiger partial charge in [-0.25, -0.2) is 4.79 Å². The number of anilines is 1. The van der Waals surface area contributed by atoms with Crippen molar-refractivity contribution in [3.8, 4) is 17.2 Å². The molecule has 0 aliphatic heterocycles. The first-order valence-corrected chi connectivity index (χ1v) is 9.04. The van der Waals surface area contributed by atoms with E-state index in [4.69, 9.17) is 42.1 Å². The average Bonchev–Trinajstić information content (AvgIpc) is 2.73. The molecule has 1 amide bonds. The third-order valence-electron chi connectivity index (χ3n) is 3.71. The van der Waals surface area contributed by atoms with E-state index in [1.807, 2.05) is 0 Å². The average molecular weight is 440 g/mol. The molecule has 0 saturated heterocycles. The lowest BCUT2D eigenvalue weighted by molar-refractivity contribution is -0.142. The molecule has 7 nitrogen and oxygen atoms in total. The van der Waals surface area contributed by atoms with Crippen LogP contribution in [0.3, 0.4) is 0 Å². The van der Waals surface area contributed by atoms with E-state index in [0.29, 0.717) is 33.5 Å².